The van der Waals surface area contributed by atoms with Crippen LogP contribution in [0.4, 0.5) is 19.1 Å². The van der Waals surface area contributed by atoms with Gasteiger partial charge in [0.1, 0.15) is 6.61 Å². The van der Waals surface area contributed by atoms with Crippen molar-refractivity contribution in [3.8, 4) is 0 Å². The molecule has 0 bridgehead atoms. The molecule has 32 heavy (non-hydrogen) atoms. The van der Waals surface area contributed by atoms with E-state index in [-0.39, 0.29) is 13.2 Å². The number of alkyl halides is 3. The first-order valence-electron chi connectivity index (χ1n) is 10.1. The number of carbonyl (C=O) groups is 1. The zero-order valence-corrected chi connectivity index (χ0v) is 18.4. The van der Waals surface area contributed by atoms with Gasteiger partial charge in [0.05, 0.1) is 27.6 Å². The number of aromatic nitrogens is 2. The van der Waals surface area contributed by atoms with Gasteiger partial charge in [-0.15, -0.1) is 0 Å². The van der Waals surface area contributed by atoms with Crippen LogP contribution in [0.5, 0.6) is 0 Å². The van der Waals surface area contributed by atoms with E-state index in [4.69, 9.17) is 10.5 Å². The molecule has 0 saturated heterocycles. The average Bonchev–Trinajstić information content (AvgIpc) is 3.13. The van der Waals surface area contributed by atoms with E-state index in [0.717, 1.165) is 23.2 Å². The molecule has 0 radical (unpaired) electrons. The molecule has 6 nitrogen and oxygen atoms in total. The average molecular weight is 448 g/mol. The number of halogens is 3. The van der Waals surface area contributed by atoms with Crippen molar-refractivity contribution in [2.45, 2.75) is 46.0 Å². The van der Waals surface area contributed by atoms with E-state index in [1.165, 1.54) is 6.07 Å². The molecule has 172 valence electrons. The number of ether oxygens (including phenoxy) is 1. The molecule has 0 fully saturated rings. The van der Waals surface area contributed by atoms with E-state index in [1.807, 2.05) is 18.2 Å². The van der Waals surface area contributed by atoms with E-state index in [0.29, 0.717) is 17.0 Å². The van der Waals surface area contributed by atoms with Gasteiger partial charge in [0.25, 0.3) is 0 Å². The SMILES string of the molecule is CC(C)(C)C(=O)OCC(C)(Nc1nc2c(CN)cccc2[nH]1)c1cccc(C(F)(F)F)c1. The molecule has 1 heterocycles. The van der Waals surface area contributed by atoms with Gasteiger partial charge in [-0.05, 0) is 57.0 Å². The summed E-state index contributed by atoms with van der Waals surface area (Å²) in [6.45, 7) is 6.87. The predicted molar refractivity (Wildman–Crippen MR) is 117 cm³/mol. The Morgan fingerprint density at radius 1 is 1.09 bits per heavy atom. The number of carbonyl (C=O) groups excluding carboxylic acids is 1. The molecule has 0 aliphatic rings. The minimum atomic E-state index is -4.51. The third kappa shape index (κ3) is 5.04. The van der Waals surface area contributed by atoms with E-state index < -0.39 is 28.7 Å². The van der Waals surface area contributed by atoms with Gasteiger partial charge in [0.15, 0.2) is 0 Å². The molecule has 9 heteroatoms. The minimum Gasteiger partial charge on any atom is -0.462 e. The van der Waals surface area contributed by atoms with Crippen molar-refractivity contribution in [3.05, 3.63) is 59.2 Å². The normalized spacial score (nSPS) is 14.2. The molecule has 0 amide bonds. The molecule has 0 aliphatic carbocycles. The highest BCUT2D eigenvalue weighted by atomic mass is 19.4. The van der Waals surface area contributed by atoms with Crippen LogP contribution in [-0.2, 0) is 27.8 Å². The molecule has 1 aromatic heterocycles. The second kappa shape index (κ2) is 8.46. The predicted octanol–water partition coefficient (Wildman–Crippen LogP) is 4.96. The molecule has 2 aromatic carbocycles. The number of nitrogens with zero attached hydrogens (tertiary/aromatic N) is 1. The number of nitrogens with two attached hydrogens (primary N) is 1. The molecule has 0 aliphatic heterocycles. The highest BCUT2D eigenvalue weighted by Gasteiger charge is 2.36. The summed E-state index contributed by atoms with van der Waals surface area (Å²) < 4.78 is 45.5. The number of rotatable bonds is 6. The molecular weight excluding hydrogens is 421 g/mol. The Bertz CT molecular complexity index is 1120. The van der Waals surface area contributed by atoms with Crippen LogP contribution in [0.1, 0.15) is 44.4 Å². The van der Waals surface area contributed by atoms with Crippen LogP contribution >= 0.6 is 0 Å². The third-order valence-corrected chi connectivity index (χ3v) is 5.14. The fraction of sp³-hybridized carbons (Fsp3) is 0.391. The number of para-hydroxylation sites is 1. The van der Waals surface area contributed by atoms with Crippen LogP contribution in [-0.4, -0.2) is 22.5 Å². The summed E-state index contributed by atoms with van der Waals surface area (Å²) in [6.07, 6.45) is -4.51. The van der Waals surface area contributed by atoms with Crippen LogP contribution in [0.25, 0.3) is 11.0 Å². The summed E-state index contributed by atoms with van der Waals surface area (Å²) in [6, 6.07) is 10.4. The Kier molecular flexibility index (Phi) is 6.24. The number of anilines is 1. The smallest absolute Gasteiger partial charge is 0.416 e. The van der Waals surface area contributed by atoms with E-state index in [1.54, 1.807) is 33.8 Å². The molecule has 1 atom stereocenters. The van der Waals surface area contributed by atoms with Crippen molar-refractivity contribution in [3.63, 3.8) is 0 Å². The van der Waals surface area contributed by atoms with Gasteiger partial charge in [-0.25, -0.2) is 4.98 Å². The van der Waals surface area contributed by atoms with Gasteiger partial charge < -0.3 is 20.8 Å². The Morgan fingerprint density at radius 3 is 2.38 bits per heavy atom. The number of nitrogens with one attached hydrogen (secondary N) is 2. The number of H-pyrrole nitrogens is 1. The second-order valence-corrected chi connectivity index (χ2v) is 8.96. The van der Waals surface area contributed by atoms with E-state index in [9.17, 15) is 18.0 Å². The van der Waals surface area contributed by atoms with Crippen LogP contribution in [0.3, 0.4) is 0 Å². The minimum absolute atomic E-state index is 0.203. The summed E-state index contributed by atoms with van der Waals surface area (Å²) in [4.78, 5) is 20.0. The lowest BCUT2D eigenvalue weighted by atomic mass is 9.91. The maximum Gasteiger partial charge on any atom is 0.416 e. The maximum atomic E-state index is 13.3. The Morgan fingerprint density at radius 2 is 1.75 bits per heavy atom. The standard InChI is InChI=1S/C23H27F3N4O2/c1-21(2,3)19(31)32-13-22(4,15-8-6-9-16(11-15)23(24,25)26)30-20-28-17-10-5-7-14(12-27)18(17)29-20/h5-11H,12-13,27H2,1-4H3,(H2,28,29,30). The number of esters is 1. The first-order chi connectivity index (χ1) is 14.8. The van der Waals surface area contributed by atoms with Gasteiger partial charge >= 0.3 is 12.1 Å². The van der Waals surface area contributed by atoms with Crippen LogP contribution < -0.4 is 11.1 Å². The monoisotopic (exact) mass is 448 g/mol. The summed E-state index contributed by atoms with van der Waals surface area (Å²) in [5.74, 6) is -0.139. The maximum absolute atomic E-state index is 13.3. The van der Waals surface area contributed by atoms with Gasteiger partial charge in [0.2, 0.25) is 5.95 Å². The number of fused-ring (bicyclic) bond motifs is 1. The summed E-state index contributed by atoms with van der Waals surface area (Å²) >= 11 is 0. The number of benzene rings is 2. The summed E-state index contributed by atoms with van der Waals surface area (Å²) in [7, 11) is 0. The van der Waals surface area contributed by atoms with Crippen molar-refractivity contribution >= 4 is 23.0 Å². The quantitative estimate of drug-likeness (QED) is 0.464. The second-order valence-electron chi connectivity index (χ2n) is 8.96. The lowest BCUT2D eigenvalue weighted by molar-refractivity contribution is -0.154. The molecule has 0 saturated carbocycles. The third-order valence-electron chi connectivity index (χ3n) is 5.14. The highest BCUT2D eigenvalue weighted by Crippen LogP contribution is 2.34. The van der Waals surface area contributed by atoms with E-state index in [2.05, 4.69) is 15.3 Å². The van der Waals surface area contributed by atoms with Gasteiger partial charge in [0, 0.05) is 6.54 Å². The number of aromatic amines is 1. The van der Waals surface area contributed by atoms with Crippen LogP contribution in [0.2, 0.25) is 0 Å². The molecule has 3 rings (SSSR count). The fourth-order valence-corrected chi connectivity index (χ4v) is 3.23. The molecule has 1 unspecified atom stereocenters. The Hall–Kier alpha value is -3.07. The lowest BCUT2D eigenvalue weighted by Crippen LogP contribution is -2.40. The lowest BCUT2D eigenvalue weighted by Gasteiger charge is -2.32. The number of hydrogen-bond acceptors (Lipinski definition) is 5. The van der Waals surface area contributed by atoms with Crippen molar-refractivity contribution < 1.29 is 22.7 Å². The zero-order chi connectivity index (χ0) is 23.7. The summed E-state index contributed by atoms with van der Waals surface area (Å²) in [5, 5.41) is 3.15. The first-order valence-corrected chi connectivity index (χ1v) is 10.1. The molecule has 0 spiro atoms. The fourth-order valence-electron chi connectivity index (χ4n) is 3.23. The number of hydrogen-bond donors (Lipinski definition) is 3. The van der Waals surface area contributed by atoms with Crippen LogP contribution in [0, 0.1) is 5.41 Å². The summed E-state index contributed by atoms with van der Waals surface area (Å²) in [5.41, 5.74) is 5.56. The van der Waals surface area contributed by atoms with Gasteiger partial charge in [-0.1, -0.05) is 24.3 Å². The molecule has 4 N–H and O–H groups in total. The first kappa shape index (κ1) is 23.6. The van der Waals surface area contributed by atoms with Crippen molar-refractivity contribution in [2.24, 2.45) is 11.1 Å². The topological polar surface area (TPSA) is 93.0 Å². The largest absolute Gasteiger partial charge is 0.462 e. The zero-order valence-electron chi connectivity index (χ0n) is 18.4. The Labute approximate surface area is 184 Å². The van der Waals surface area contributed by atoms with E-state index >= 15 is 0 Å². The van der Waals surface area contributed by atoms with Gasteiger partial charge in [-0.3, -0.25) is 4.79 Å². The Balaban J connectivity index is 2.02. The molecular formula is C23H27F3N4O2. The molecule has 3 aromatic rings. The van der Waals surface area contributed by atoms with Crippen molar-refractivity contribution in [2.75, 3.05) is 11.9 Å². The number of imidazole rings is 1. The van der Waals surface area contributed by atoms with Crippen molar-refractivity contribution in [1.29, 1.82) is 0 Å². The van der Waals surface area contributed by atoms with Crippen LogP contribution in [0.15, 0.2) is 42.5 Å². The van der Waals surface area contributed by atoms with Crippen molar-refractivity contribution in [1.82, 2.24) is 9.97 Å². The highest BCUT2D eigenvalue weighted by molar-refractivity contribution is 5.81. The van der Waals surface area contributed by atoms with Gasteiger partial charge in [-0.2, -0.15) is 13.2 Å².